The van der Waals surface area contributed by atoms with E-state index in [1.54, 1.807) is 0 Å². The van der Waals surface area contributed by atoms with Crippen LogP contribution in [-0.4, -0.2) is 9.97 Å². The maximum absolute atomic E-state index is 4.38. The Labute approximate surface area is 96.7 Å². The van der Waals surface area contributed by atoms with Crippen LogP contribution in [-0.2, 0) is 12.8 Å². The normalized spacial score (nSPS) is 10.7. The average Bonchev–Trinajstić information content (AvgIpc) is 2.80. The van der Waals surface area contributed by atoms with Crippen molar-refractivity contribution >= 4 is 0 Å². The van der Waals surface area contributed by atoms with Crippen LogP contribution in [0, 0.1) is 6.92 Å². The zero-order valence-electron chi connectivity index (χ0n) is 10.2. The lowest BCUT2D eigenvalue weighted by molar-refractivity contribution is 1.07. The van der Waals surface area contributed by atoms with Gasteiger partial charge in [0.1, 0.15) is 5.82 Å². The van der Waals surface area contributed by atoms with Crippen LogP contribution in [0.5, 0.6) is 0 Å². The van der Waals surface area contributed by atoms with Gasteiger partial charge in [-0.05, 0) is 30.9 Å². The lowest BCUT2D eigenvalue weighted by atomic mass is 9.94. The van der Waals surface area contributed by atoms with E-state index in [-0.39, 0.29) is 0 Å². The van der Waals surface area contributed by atoms with Crippen molar-refractivity contribution in [1.82, 2.24) is 9.97 Å². The summed E-state index contributed by atoms with van der Waals surface area (Å²) in [4.78, 5) is 7.59. The van der Waals surface area contributed by atoms with Crippen molar-refractivity contribution in [2.45, 2.75) is 33.6 Å². The molecular formula is C14H18N2. The SMILES string of the molecule is CCc1cc(C)cc(CC)c1-c1ncc[nH]1. The second-order valence-corrected chi connectivity index (χ2v) is 4.10. The first-order chi connectivity index (χ1) is 7.76. The number of imidazole rings is 1. The fraction of sp³-hybridized carbons (Fsp3) is 0.357. The lowest BCUT2D eigenvalue weighted by Gasteiger charge is -2.12. The molecule has 0 spiro atoms. The van der Waals surface area contributed by atoms with Crippen molar-refractivity contribution in [2.24, 2.45) is 0 Å². The molecule has 0 unspecified atom stereocenters. The molecule has 2 aromatic rings. The second-order valence-electron chi connectivity index (χ2n) is 4.10. The Bertz CT molecular complexity index is 444. The molecule has 1 aromatic carbocycles. The van der Waals surface area contributed by atoms with Gasteiger partial charge in [0.15, 0.2) is 0 Å². The summed E-state index contributed by atoms with van der Waals surface area (Å²) in [6.07, 6.45) is 5.79. The van der Waals surface area contributed by atoms with Crippen LogP contribution in [0.3, 0.4) is 0 Å². The number of hydrogen-bond donors (Lipinski definition) is 1. The zero-order valence-corrected chi connectivity index (χ0v) is 10.2. The summed E-state index contributed by atoms with van der Waals surface area (Å²) in [5.41, 5.74) is 5.39. The first-order valence-electron chi connectivity index (χ1n) is 5.88. The molecule has 2 rings (SSSR count). The van der Waals surface area contributed by atoms with Gasteiger partial charge in [-0.25, -0.2) is 4.98 Å². The summed E-state index contributed by atoms with van der Waals surface area (Å²) in [5, 5.41) is 0. The van der Waals surface area contributed by atoms with Crippen LogP contribution >= 0.6 is 0 Å². The molecule has 0 radical (unpaired) electrons. The number of hydrogen-bond acceptors (Lipinski definition) is 1. The Morgan fingerprint density at radius 3 is 2.19 bits per heavy atom. The van der Waals surface area contributed by atoms with Crippen LogP contribution in [0.2, 0.25) is 0 Å². The third kappa shape index (κ3) is 1.87. The molecule has 0 aliphatic heterocycles. The van der Waals surface area contributed by atoms with Crippen LogP contribution in [0.15, 0.2) is 24.5 Å². The molecular weight excluding hydrogens is 196 g/mol. The maximum Gasteiger partial charge on any atom is 0.137 e. The van der Waals surface area contributed by atoms with E-state index in [0.29, 0.717) is 0 Å². The number of benzene rings is 1. The largest absolute Gasteiger partial charge is 0.345 e. The zero-order chi connectivity index (χ0) is 11.5. The molecule has 2 nitrogen and oxygen atoms in total. The van der Waals surface area contributed by atoms with Crippen molar-refractivity contribution < 1.29 is 0 Å². The maximum atomic E-state index is 4.38. The number of aromatic nitrogens is 2. The molecule has 84 valence electrons. The van der Waals surface area contributed by atoms with Crippen LogP contribution < -0.4 is 0 Å². The van der Waals surface area contributed by atoms with Crippen LogP contribution in [0.4, 0.5) is 0 Å². The molecule has 0 saturated heterocycles. The number of H-pyrrole nitrogens is 1. The van der Waals surface area contributed by atoms with Crippen LogP contribution in [0.25, 0.3) is 11.4 Å². The van der Waals surface area contributed by atoms with Crippen molar-refractivity contribution in [3.05, 3.63) is 41.2 Å². The van der Waals surface area contributed by atoms with E-state index < -0.39 is 0 Å². The predicted octanol–water partition coefficient (Wildman–Crippen LogP) is 3.51. The Balaban J connectivity index is 2.65. The van der Waals surface area contributed by atoms with Gasteiger partial charge in [0, 0.05) is 18.0 Å². The van der Waals surface area contributed by atoms with E-state index >= 15 is 0 Å². The van der Waals surface area contributed by atoms with Crippen molar-refractivity contribution in [3.63, 3.8) is 0 Å². The van der Waals surface area contributed by atoms with Gasteiger partial charge in [-0.1, -0.05) is 31.5 Å². The molecule has 0 bridgehead atoms. The summed E-state index contributed by atoms with van der Waals surface area (Å²) >= 11 is 0. The van der Waals surface area contributed by atoms with E-state index in [1.165, 1.54) is 22.3 Å². The fourth-order valence-corrected chi connectivity index (χ4v) is 2.21. The first-order valence-corrected chi connectivity index (χ1v) is 5.88. The molecule has 0 aliphatic rings. The van der Waals surface area contributed by atoms with E-state index in [0.717, 1.165) is 18.7 Å². The van der Waals surface area contributed by atoms with Crippen molar-refractivity contribution in [3.8, 4) is 11.4 Å². The molecule has 16 heavy (non-hydrogen) atoms. The summed E-state index contributed by atoms with van der Waals surface area (Å²) in [6.45, 7) is 6.55. The number of rotatable bonds is 3. The molecule has 1 N–H and O–H groups in total. The minimum absolute atomic E-state index is 0.994. The Kier molecular flexibility index (Phi) is 3.09. The predicted molar refractivity (Wildman–Crippen MR) is 67.5 cm³/mol. The Morgan fingerprint density at radius 1 is 1.12 bits per heavy atom. The fourth-order valence-electron chi connectivity index (χ4n) is 2.21. The monoisotopic (exact) mass is 214 g/mol. The molecule has 2 heteroatoms. The number of aryl methyl sites for hydroxylation is 3. The van der Waals surface area contributed by atoms with Crippen molar-refractivity contribution in [1.29, 1.82) is 0 Å². The standard InChI is InChI=1S/C14H18N2/c1-4-11-8-10(3)9-12(5-2)13(11)14-15-6-7-16-14/h6-9H,4-5H2,1-3H3,(H,15,16). The molecule has 0 atom stereocenters. The average molecular weight is 214 g/mol. The summed E-state index contributed by atoms with van der Waals surface area (Å²) in [7, 11) is 0. The van der Waals surface area contributed by atoms with E-state index in [1.807, 2.05) is 12.4 Å². The lowest BCUT2D eigenvalue weighted by Crippen LogP contribution is -1.97. The summed E-state index contributed by atoms with van der Waals surface area (Å²) in [5.74, 6) is 0.994. The number of aromatic amines is 1. The third-order valence-electron chi connectivity index (χ3n) is 2.94. The summed E-state index contributed by atoms with van der Waals surface area (Å²) in [6, 6.07) is 4.52. The van der Waals surface area contributed by atoms with Gasteiger partial charge < -0.3 is 4.98 Å². The van der Waals surface area contributed by atoms with Gasteiger partial charge in [0.2, 0.25) is 0 Å². The Hall–Kier alpha value is -1.57. The highest BCUT2D eigenvalue weighted by Crippen LogP contribution is 2.27. The van der Waals surface area contributed by atoms with Crippen LogP contribution in [0.1, 0.15) is 30.5 Å². The second kappa shape index (κ2) is 4.52. The molecule has 0 aliphatic carbocycles. The molecule has 0 saturated carbocycles. The molecule has 1 heterocycles. The van der Waals surface area contributed by atoms with Gasteiger partial charge in [0.25, 0.3) is 0 Å². The molecule has 1 aromatic heterocycles. The highest BCUT2D eigenvalue weighted by atomic mass is 14.9. The Morgan fingerprint density at radius 2 is 1.75 bits per heavy atom. The molecule has 0 fully saturated rings. The highest BCUT2D eigenvalue weighted by Gasteiger charge is 2.11. The molecule has 0 amide bonds. The van der Waals surface area contributed by atoms with Gasteiger partial charge in [-0.2, -0.15) is 0 Å². The minimum Gasteiger partial charge on any atom is -0.345 e. The van der Waals surface area contributed by atoms with E-state index in [4.69, 9.17) is 0 Å². The summed E-state index contributed by atoms with van der Waals surface area (Å²) < 4.78 is 0. The number of nitrogens with zero attached hydrogens (tertiary/aromatic N) is 1. The third-order valence-corrected chi connectivity index (χ3v) is 2.94. The van der Waals surface area contributed by atoms with Gasteiger partial charge in [0.05, 0.1) is 0 Å². The van der Waals surface area contributed by atoms with E-state index in [9.17, 15) is 0 Å². The van der Waals surface area contributed by atoms with Gasteiger partial charge in [-0.15, -0.1) is 0 Å². The number of nitrogens with one attached hydrogen (secondary N) is 1. The van der Waals surface area contributed by atoms with Crippen molar-refractivity contribution in [2.75, 3.05) is 0 Å². The highest BCUT2D eigenvalue weighted by molar-refractivity contribution is 5.66. The topological polar surface area (TPSA) is 28.7 Å². The quantitative estimate of drug-likeness (QED) is 0.832. The van der Waals surface area contributed by atoms with E-state index in [2.05, 4.69) is 42.9 Å². The minimum atomic E-state index is 0.994. The first kappa shape index (κ1) is 10.9. The van der Waals surface area contributed by atoms with Gasteiger partial charge >= 0.3 is 0 Å². The van der Waals surface area contributed by atoms with Gasteiger partial charge in [-0.3, -0.25) is 0 Å². The smallest absolute Gasteiger partial charge is 0.137 e.